The maximum absolute atomic E-state index is 11.4. The van der Waals surface area contributed by atoms with Crippen LogP contribution in [0.5, 0.6) is 0 Å². The summed E-state index contributed by atoms with van der Waals surface area (Å²) in [7, 11) is 1.28. The van der Waals surface area contributed by atoms with Crippen LogP contribution in [-0.2, 0) is 28.5 Å². The van der Waals surface area contributed by atoms with Crippen molar-refractivity contribution < 1.29 is 38.1 Å². The second-order valence-electron chi connectivity index (χ2n) is 8.18. The highest BCUT2D eigenvalue weighted by Crippen LogP contribution is 2.08. The Morgan fingerprint density at radius 1 is 0.839 bits per heavy atom. The lowest BCUT2D eigenvalue weighted by molar-refractivity contribution is -0.142. The van der Waals surface area contributed by atoms with Crippen LogP contribution in [0.25, 0.3) is 0 Å². The van der Waals surface area contributed by atoms with E-state index in [0.29, 0.717) is 8.86 Å². The lowest BCUT2D eigenvalue weighted by atomic mass is 10.2. The third kappa shape index (κ3) is 20.6. The molecule has 2 atom stereocenters. The van der Waals surface area contributed by atoms with Crippen molar-refractivity contribution in [1.82, 2.24) is 10.6 Å². The van der Waals surface area contributed by atoms with Crippen molar-refractivity contribution in [3.63, 3.8) is 0 Å². The largest absolute Gasteiger partial charge is 0.467 e. The van der Waals surface area contributed by atoms with Gasteiger partial charge in [-0.05, 0) is 41.5 Å². The van der Waals surface area contributed by atoms with Gasteiger partial charge < -0.3 is 29.6 Å². The molecule has 0 bridgehead atoms. The molecule has 0 saturated carbocycles. The number of methoxy groups -OCH3 is 1. The second-order valence-corrected chi connectivity index (χ2v) is 9.94. The van der Waals surface area contributed by atoms with Gasteiger partial charge in [0.15, 0.2) is 0 Å². The number of nitrogens with one attached hydrogen (secondary N) is 2. The molecule has 182 valence electrons. The Labute approximate surface area is 211 Å². The van der Waals surface area contributed by atoms with Crippen molar-refractivity contribution in [1.29, 1.82) is 0 Å². The fourth-order valence-electron chi connectivity index (χ4n) is 1.57. The van der Waals surface area contributed by atoms with Gasteiger partial charge in [0, 0.05) is 15.8 Å². The maximum atomic E-state index is 11.4. The van der Waals surface area contributed by atoms with Crippen LogP contribution in [0.4, 0.5) is 9.59 Å². The van der Waals surface area contributed by atoms with E-state index in [1.54, 1.807) is 41.5 Å². The summed E-state index contributed by atoms with van der Waals surface area (Å²) < 4.78 is 20.5. The fourth-order valence-corrected chi connectivity index (χ4v) is 2.62. The van der Waals surface area contributed by atoms with Gasteiger partial charge in [-0.25, -0.2) is 14.4 Å². The quantitative estimate of drug-likeness (QED) is 0.183. The highest BCUT2D eigenvalue weighted by Gasteiger charge is 2.23. The number of alkyl halides is 2. The van der Waals surface area contributed by atoms with Crippen LogP contribution in [0, 0.1) is 0 Å². The number of hydrogen-bond acceptors (Lipinski definition) is 8. The Morgan fingerprint density at radius 2 is 1.29 bits per heavy atom. The van der Waals surface area contributed by atoms with Gasteiger partial charge in [-0.3, -0.25) is 4.79 Å². The zero-order valence-electron chi connectivity index (χ0n) is 19.3. The molecule has 0 unspecified atom stereocenters. The number of halogens is 2. The first-order chi connectivity index (χ1) is 14.0. The maximum Gasteiger partial charge on any atom is 0.408 e. The van der Waals surface area contributed by atoms with Gasteiger partial charge in [0.05, 0.1) is 13.2 Å². The van der Waals surface area contributed by atoms with Gasteiger partial charge in [0.2, 0.25) is 0 Å². The molecule has 0 saturated heterocycles. The molecule has 0 aliphatic carbocycles. The number of carbonyl (C=O) groups is 4. The highest BCUT2D eigenvalue weighted by molar-refractivity contribution is 14.1. The average Bonchev–Trinajstić information content (AvgIpc) is 2.59. The summed E-state index contributed by atoms with van der Waals surface area (Å²) in [6.45, 7) is 12.1. The molecular weight excluding hydrogens is 638 g/mol. The predicted octanol–water partition coefficient (Wildman–Crippen LogP) is 3.37. The minimum atomic E-state index is -0.662. The van der Waals surface area contributed by atoms with E-state index in [-0.39, 0.29) is 18.6 Å². The Hall–Kier alpha value is -1.06. The first-order valence-corrected chi connectivity index (χ1v) is 12.4. The third-order valence-electron chi connectivity index (χ3n) is 2.73. The number of alkyl carbamates (subject to hydrolysis) is 2. The molecule has 0 aromatic rings. The molecule has 0 fully saturated rings. The van der Waals surface area contributed by atoms with Crippen molar-refractivity contribution in [2.75, 3.05) is 22.6 Å². The first kappa shape index (κ1) is 32.1. The fraction of sp³-hybridized carbons (Fsp3) is 0.789. The molecule has 0 radical (unpaired) electrons. The number of amides is 2. The Bertz CT molecular complexity index is 588. The van der Waals surface area contributed by atoms with E-state index in [1.807, 2.05) is 22.6 Å². The lowest BCUT2D eigenvalue weighted by Crippen LogP contribution is -2.44. The summed E-state index contributed by atoms with van der Waals surface area (Å²) >= 11 is 4.09. The molecule has 0 spiro atoms. The summed E-state index contributed by atoms with van der Waals surface area (Å²) in [5, 5.41) is 5.06. The molecule has 0 aliphatic rings. The molecule has 0 rings (SSSR count). The average molecular weight is 672 g/mol. The van der Waals surface area contributed by atoms with E-state index in [0.717, 1.165) is 0 Å². The number of esters is 2. The minimum Gasteiger partial charge on any atom is -0.467 e. The molecule has 0 aliphatic heterocycles. The van der Waals surface area contributed by atoms with Crippen molar-refractivity contribution in [3.05, 3.63) is 0 Å². The smallest absolute Gasteiger partial charge is 0.408 e. The summed E-state index contributed by atoms with van der Waals surface area (Å²) in [5.74, 6) is -0.837. The van der Waals surface area contributed by atoms with Gasteiger partial charge in [-0.15, -0.1) is 0 Å². The van der Waals surface area contributed by atoms with Crippen molar-refractivity contribution in [2.45, 2.75) is 71.8 Å². The molecular formula is C19H34I2N2O8. The first-order valence-electron chi connectivity index (χ1n) is 9.36. The van der Waals surface area contributed by atoms with Crippen molar-refractivity contribution >= 4 is 69.3 Å². The molecule has 12 heteroatoms. The Balaban J connectivity index is 0. The molecule has 2 N–H and O–H groups in total. The van der Waals surface area contributed by atoms with Crippen LogP contribution in [0.2, 0.25) is 0 Å². The van der Waals surface area contributed by atoms with E-state index in [9.17, 15) is 19.2 Å². The van der Waals surface area contributed by atoms with E-state index in [2.05, 4.69) is 38.0 Å². The van der Waals surface area contributed by atoms with E-state index < -0.39 is 35.4 Å². The number of ether oxygens (including phenoxy) is 4. The van der Waals surface area contributed by atoms with Crippen LogP contribution in [0.3, 0.4) is 0 Å². The van der Waals surface area contributed by atoms with E-state index in [1.165, 1.54) is 14.0 Å². The van der Waals surface area contributed by atoms with Crippen LogP contribution in [0.1, 0.15) is 48.5 Å². The minimum absolute atomic E-state index is 0.164. The van der Waals surface area contributed by atoms with Gasteiger partial charge in [0.1, 0.15) is 23.9 Å². The van der Waals surface area contributed by atoms with Gasteiger partial charge in [-0.1, -0.05) is 45.2 Å². The van der Waals surface area contributed by atoms with Crippen molar-refractivity contribution in [2.24, 2.45) is 0 Å². The molecule has 31 heavy (non-hydrogen) atoms. The van der Waals surface area contributed by atoms with Gasteiger partial charge >= 0.3 is 24.1 Å². The van der Waals surface area contributed by atoms with E-state index >= 15 is 0 Å². The zero-order valence-corrected chi connectivity index (χ0v) is 23.6. The number of hydrogen-bond donors (Lipinski definition) is 2. The normalized spacial score (nSPS) is 12.8. The van der Waals surface area contributed by atoms with Crippen LogP contribution >= 0.6 is 45.2 Å². The van der Waals surface area contributed by atoms with Crippen LogP contribution in [-0.4, -0.2) is 70.0 Å². The van der Waals surface area contributed by atoms with Crippen molar-refractivity contribution in [3.8, 4) is 0 Å². The molecule has 2 amide bonds. The Kier molecular flexibility index (Phi) is 16.3. The second kappa shape index (κ2) is 15.7. The predicted molar refractivity (Wildman–Crippen MR) is 133 cm³/mol. The third-order valence-corrected chi connectivity index (χ3v) is 4.67. The molecule has 0 aromatic heterocycles. The summed E-state index contributed by atoms with van der Waals surface area (Å²) in [6.07, 6.45) is -1.11. The number of carbonyl (C=O) groups excluding carboxylic acids is 4. The standard InChI is InChI=1S/C10H18INO4.C9H16INO4/c1-7(13)15-6-8(5-11)12-9(14)16-10(2,3)4;1-9(2,3)15-8(13)11-6(5-10)7(12)14-4/h8H,5-6H2,1-4H3,(H,12,14);6H,5H2,1-4H3,(H,11,13)/t8-;6-/m11/s1. The molecule has 0 aromatic carbocycles. The highest BCUT2D eigenvalue weighted by atomic mass is 127. The Morgan fingerprint density at radius 3 is 1.61 bits per heavy atom. The number of rotatable bonds is 7. The molecule has 10 nitrogen and oxygen atoms in total. The topological polar surface area (TPSA) is 129 Å². The molecule has 0 heterocycles. The van der Waals surface area contributed by atoms with E-state index in [4.69, 9.17) is 14.2 Å². The van der Waals surface area contributed by atoms with Gasteiger partial charge in [-0.2, -0.15) is 0 Å². The van der Waals surface area contributed by atoms with Crippen LogP contribution in [0.15, 0.2) is 0 Å². The summed E-state index contributed by atoms with van der Waals surface area (Å²) in [5.41, 5.74) is -1.10. The zero-order chi connectivity index (χ0) is 24.8. The monoisotopic (exact) mass is 672 g/mol. The van der Waals surface area contributed by atoms with Crippen LogP contribution < -0.4 is 10.6 Å². The summed E-state index contributed by atoms with van der Waals surface area (Å²) in [6, 6.07) is -0.884. The lowest BCUT2D eigenvalue weighted by Gasteiger charge is -2.22. The SMILES string of the molecule is CC(=O)OC[C@@H](CI)NC(=O)OC(C)(C)C.COC(=O)[C@@H](CI)NC(=O)OC(C)(C)C. The summed E-state index contributed by atoms with van der Waals surface area (Å²) in [4.78, 5) is 44.5. The van der Waals surface area contributed by atoms with Gasteiger partial charge in [0.25, 0.3) is 0 Å².